The monoisotopic (exact) mass is 191 g/mol. The largest absolute Gasteiger partial charge is 0.460 e. The molecule has 13 heavy (non-hydrogen) atoms. The van der Waals surface area contributed by atoms with Crippen LogP contribution in [0.4, 0.5) is 0 Å². The van der Waals surface area contributed by atoms with E-state index in [1.807, 2.05) is 0 Å². The number of aliphatic hydroxyl groups is 2. The molecule has 0 fully saturated rings. The lowest BCUT2D eigenvalue weighted by atomic mass is 10.1. The van der Waals surface area contributed by atoms with E-state index in [-0.39, 0.29) is 6.42 Å². The van der Waals surface area contributed by atoms with Gasteiger partial charge in [-0.3, -0.25) is 4.79 Å². The molecule has 0 radical (unpaired) electrons. The molecule has 0 rings (SSSR count). The molecule has 0 bridgehead atoms. The summed E-state index contributed by atoms with van der Waals surface area (Å²) in [7, 11) is 0. The van der Waals surface area contributed by atoms with Crippen molar-refractivity contribution in [2.24, 2.45) is 5.73 Å². The zero-order valence-corrected chi connectivity index (χ0v) is 8.15. The SMILES string of the molecule is CC(C)(C)OC(=O)C[C@H](N)C(O)O. The van der Waals surface area contributed by atoms with Gasteiger partial charge in [0.15, 0.2) is 6.29 Å². The molecule has 0 spiro atoms. The third-order valence-electron chi connectivity index (χ3n) is 1.21. The normalized spacial score (nSPS) is 14.4. The van der Waals surface area contributed by atoms with Crippen LogP contribution in [0.2, 0.25) is 0 Å². The summed E-state index contributed by atoms with van der Waals surface area (Å²) in [5.41, 5.74) is 4.66. The summed E-state index contributed by atoms with van der Waals surface area (Å²) in [4.78, 5) is 11.0. The average Bonchev–Trinajstić information content (AvgIpc) is 1.81. The van der Waals surface area contributed by atoms with Gasteiger partial charge in [0.05, 0.1) is 12.5 Å². The summed E-state index contributed by atoms with van der Waals surface area (Å²) in [6, 6.07) is -0.991. The smallest absolute Gasteiger partial charge is 0.308 e. The maximum absolute atomic E-state index is 11.0. The Morgan fingerprint density at radius 2 is 1.92 bits per heavy atom. The van der Waals surface area contributed by atoms with Gasteiger partial charge >= 0.3 is 5.97 Å². The highest BCUT2D eigenvalue weighted by Crippen LogP contribution is 2.09. The number of esters is 1. The molecule has 4 N–H and O–H groups in total. The average molecular weight is 191 g/mol. The van der Waals surface area contributed by atoms with Crippen LogP contribution in [0.25, 0.3) is 0 Å². The van der Waals surface area contributed by atoms with E-state index in [4.69, 9.17) is 20.7 Å². The fraction of sp³-hybridized carbons (Fsp3) is 0.875. The van der Waals surface area contributed by atoms with Gasteiger partial charge in [0, 0.05) is 0 Å². The van der Waals surface area contributed by atoms with Crippen molar-refractivity contribution >= 4 is 5.97 Å². The molecule has 0 saturated carbocycles. The molecule has 0 aliphatic heterocycles. The van der Waals surface area contributed by atoms with Gasteiger partial charge in [-0.15, -0.1) is 0 Å². The van der Waals surface area contributed by atoms with Crippen molar-refractivity contribution in [3.8, 4) is 0 Å². The van der Waals surface area contributed by atoms with Crippen LogP contribution in [0.1, 0.15) is 27.2 Å². The Morgan fingerprint density at radius 1 is 1.46 bits per heavy atom. The van der Waals surface area contributed by atoms with Crippen LogP contribution in [0.3, 0.4) is 0 Å². The van der Waals surface area contributed by atoms with E-state index in [2.05, 4.69) is 0 Å². The highest BCUT2D eigenvalue weighted by molar-refractivity contribution is 5.70. The predicted molar refractivity (Wildman–Crippen MR) is 46.7 cm³/mol. The molecule has 5 nitrogen and oxygen atoms in total. The summed E-state index contributed by atoms with van der Waals surface area (Å²) in [5.74, 6) is -0.534. The van der Waals surface area contributed by atoms with Gasteiger partial charge in [0.25, 0.3) is 0 Å². The minimum absolute atomic E-state index is 0.199. The molecule has 0 unspecified atom stereocenters. The van der Waals surface area contributed by atoms with Crippen molar-refractivity contribution in [3.63, 3.8) is 0 Å². The fourth-order valence-corrected chi connectivity index (χ4v) is 0.681. The maximum Gasteiger partial charge on any atom is 0.308 e. The van der Waals surface area contributed by atoms with Crippen molar-refractivity contribution in [3.05, 3.63) is 0 Å². The van der Waals surface area contributed by atoms with Crippen LogP contribution in [-0.2, 0) is 9.53 Å². The van der Waals surface area contributed by atoms with Crippen LogP contribution in [-0.4, -0.2) is 34.1 Å². The van der Waals surface area contributed by atoms with Crippen LogP contribution < -0.4 is 5.73 Å². The second kappa shape index (κ2) is 4.55. The number of aliphatic hydroxyl groups excluding tert-OH is 1. The summed E-state index contributed by atoms with van der Waals surface area (Å²) >= 11 is 0. The van der Waals surface area contributed by atoms with E-state index in [0.717, 1.165) is 0 Å². The Bertz CT molecular complexity index is 173. The third-order valence-corrected chi connectivity index (χ3v) is 1.21. The Kier molecular flexibility index (Phi) is 4.32. The van der Waals surface area contributed by atoms with Crippen molar-refractivity contribution in [1.82, 2.24) is 0 Å². The van der Waals surface area contributed by atoms with Gasteiger partial charge in [-0.25, -0.2) is 0 Å². The lowest BCUT2D eigenvalue weighted by Crippen LogP contribution is -2.38. The minimum atomic E-state index is -1.69. The van der Waals surface area contributed by atoms with Gasteiger partial charge in [0.1, 0.15) is 5.60 Å². The van der Waals surface area contributed by atoms with Crippen molar-refractivity contribution < 1.29 is 19.7 Å². The number of hydrogen-bond donors (Lipinski definition) is 3. The standard InChI is InChI=1S/C8H17NO4/c1-8(2,3)13-6(10)4-5(9)7(11)12/h5,7,11-12H,4,9H2,1-3H3/t5-/m0/s1. The van der Waals surface area contributed by atoms with Crippen LogP contribution in [0.5, 0.6) is 0 Å². The molecule has 0 saturated heterocycles. The molecule has 0 aromatic rings. The Hall–Kier alpha value is -0.650. The van der Waals surface area contributed by atoms with Crippen molar-refractivity contribution in [1.29, 1.82) is 0 Å². The van der Waals surface area contributed by atoms with Gasteiger partial charge in [-0.1, -0.05) is 0 Å². The van der Waals surface area contributed by atoms with Crippen LogP contribution in [0, 0.1) is 0 Å². The number of rotatable bonds is 3. The van der Waals surface area contributed by atoms with E-state index >= 15 is 0 Å². The van der Waals surface area contributed by atoms with Crippen molar-refractivity contribution in [2.75, 3.05) is 0 Å². The number of carbonyl (C=O) groups is 1. The molecular formula is C8H17NO4. The lowest BCUT2D eigenvalue weighted by molar-refractivity contribution is -0.158. The fourth-order valence-electron chi connectivity index (χ4n) is 0.681. The van der Waals surface area contributed by atoms with Gasteiger partial charge in [-0.2, -0.15) is 0 Å². The Labute approximate surface area is 77.5 Å². The van der Waals surface area contributed by atoms with Crippen LogP contribution in [0.15, 0.2) is 0 Å². The molecular weight excluding hydrogens is 174 g/mol. The van der Waals surface area contributed by atoms with Crippen LogP contribution >= 0.6 is 0 Å². The third kappa shape index (κ3) is 6.51. The van der Waals surface area contributed by atoms with E-state index < -0.39 is 23.9 Å². The van der Waals surface area contributed by atoms with E-state index in [1.54, 1.807) is 20.8 Å². The Morgan fingerprint density at radius 3 is 2.23 bits per heavy atom. The first-order valence-corrected chi connectivity index (χ1v) is 4.06. The number of ether oxygens (including phenoxy) is 1. The molecule has 0 aromatic heterocycles. The second-order valence-corrected chi connectivity index (χ2v) is 3.87. The first-order valence-electron chi connectivity index (χ1n) is 4.06. The highest BCUT2D eigenvalue weighted by atomic mass is 16.6. The topological polar surface area (TPSA) is 92.8 Å². The zero-order valence-electron chi connectivity index (χ0n) is 8.15. The number of carbonyl (C=O) groups excluding carboxylic acids is 1. The Balaban J connectivity index is 3.89. The summed E-state index contributed by atoms with van der Waals surface area (Å²) in [5, 5.41) is 17.2. The molecule has 78 valence electrons. The van der Waals surface area contributed by atoms with E-state index in [1.165, 1.54) is 0 Å². The van der Waals surface area contributed by atoms with E-state index in [9.17, 15) is 4.79 Å². The molecule has 0 amide bonds. The second-order valence-electron chi connectivity index (χ2n) is 3.87. The highest BCUT2D eigenvalue weighted by Gasteiger charge is 2.21. The summed E-state index contributed by atoms with van der Waals surface area (Å²) < 4.78 is 4.92. The lowest BCUT2D eigenvalue weighted by Gasteiger charge is -2.21. The molecule has 0 aliphatic carbocycles. The van der Waals surface area contributed by atoms with Gasteiger partial charge in [-0.05, 0) is 20.8 Å². The molecule has 0 aromatic carbocycles. The predicted octanol–water partition coefficient (Wildman–Crippen LogP) is -0.644. The van der Waals surface area contributed by atoms with Gasteiger partial charge < -0.3 is 20.7 Å². The summed E-state index contributed by atoms with van der Waals surface area (Å²) in [6.45, 7) is 5.18. The van der Waals surface area contributed by atoms with Crippen molar-refractivity contribution in [2.45, 2.75) is 45.1 Å². The maximum atomic E-state index is 11.0. The van der Waals surface area contributed by atoms with E-state index in [0.29, 0.717) is 0 Å². The first-order chi connectivity index (χ1) is 5.72. The molecule has 0 aliphatic rings. The quantitative estimate of drug-likeness (QED) is 0.407. The van der Waals surface area contributed by atoms with Gasteiger partial charge in [0.2, 0.25) is 0 Å². The zero-order chi connectivity index (χ0) is 10.6. The number of nitrogens with two attached hydrogens (primary N) is 1. The molecule has 0 heterocycles. The summed E-state index contributed by atoms with van der Waals surface area (Å²) in [6.07, 6.45) is -1.89. The molecule has 5 heteroatoms. The number of hydrogen-bond acceptors (Lipinski definition) is 5. The first kappa shape index (κ1) is 12.3. The molecule has 1 atom stereocenters. The minimum Gasteiger partial charge on any atom is -0.460 e.